The molecule has 2 fully saturated rings. The summed E-state index contributed by atoms with van der Waals surface area (Å²) in [6.07, 6.45) is 13.6. The van der Waals surface area contributed by atoms with Crippen LogP contribution in [0.3, 0.4) is 0 Å². The van der Waals surface area contributed by atoms with Gasteiger partial charge in [-0.3, -0.25) is 0 Å². The molecule has 15 heavy (non-hydrogen) atoms. The molecule has 0 saturated heterocycles. The second-order valence-corrected chi connectivity index (χ2v) is 9.30. The van der Waals surface area contributed by atoms with Gasteiger partial charge in [-0.15, -0.1) is 0 Å². The minimum absolute atomic E-state index is 0.731. The van der Waals surface area contributed by atoms with Gasteiger partial charge in [-0.1, -0.05) is 64.2 Å². The summed E-state index contributed by atoms with van der Waals surface area (Å²) < 4.78 is 0. The normalized spacial score (nSPS) is 26.8. The maximum atomic E-state index is 6.58. The zero-order valence-electron chi connectivity index (χ0n) is 9.88. The number of nitrogens with two attached hydrogens (primary N) is 2. The molecule has 0 atom stereocenters. The third-order valence-corrected chi connectivity index (χ3v) is 8.61. The molecule has 88 valence electrons. The summed E-state index contributed by atoms with van der Waals surface area (Å²) in [6, 6.07) is 0. The zero-order valence-corrected chi connectivity index (χ0v) is 10.9. The summed E-state index contributed by atoms with van der Waals surface area (Å²) in [4.78, 5) is 0. The molecule has 0 aromatic carbocycles. The van der Waals surface area contributed by atoms with Crippen LogP contribution in [-0.2, 0) is 0 Å². The lowest BCUT2D eigenvalue weighted by atomic mass is 9.99. The Labute approximate surface area is 95.0 Å². The fourth-order valence-electron chi connectivity index (χ4n) is 3.54. The molecule has 3 heteroatoms. The summed E-state index contributed by atoms with van der Waals surface area (Å²) in [5.74, 6) is 0. The molecule has 0 bridgehead atoms. The van der Waals surface area contributed by atoms with Crippen LogP contribution in [0.5, 0.6) is 0 Å². The van der Waals surface area contributed by atoms with E-state index < -0.39 is 8.40 Å². The molecule has 0 amide bonds. The molecular formula is C12H26N2Si. The van der Waals surface area contributed by atoms with E-state index in [0.717, 1.165) is 11.1 Å². The van der Waals surface area contributed by atoms with Crippen molar-refractivity contribution in [1.82, 2.24) is 0 Å². The van der Waals surface area contributed by atoms with E-state index in [1.807, 2.05) is 0 Å². The Kier molecular flexibility index (Phi) is 3.86. The van der Waals surface area contributed by atoms with Crippen molar-refractivity contribution in [2.75, 3.05) is 0 Å². The Hall–Kier alpha value is 0.137. The summed E-state index contributed by atoms with van der Waals surface area (Å²) in [7, 11) is -1.90. The second kappa shape index (κ2) is 4.98. The molecule has 0 spiro atoms. The van der Waals surface area contributed by atoms with Crippen molar-refractivity contribution in [1.29, 1.82) is 0 Å². The Morgan fingerprint density at radius 1 is 0.600 bits per heavy atom. The third-order valence-electron chi connectivity index (χ3n) is 4.62. The highest BCUT2D eigenvalue weighted by molar-refractivity contribution is 6.76. The highest BCUT2D eigenvalue weighted by Gasteiger charge is 2.42. The van der Waals surface area contributed by atoms with Crippen LogP contribution in [-0.4, -0.2) is 8.40 Å². The van der Waals surface area contributed by atoms with E-state index in [9.17, 15) is 0 Å². The van der Waals surface area contributed by atoms with Gasteiger partial charge < -0.3 is 10.8 Å². The Bertz CT molecular complexity index is 174. The lowest BCUT2D eigenvalue weighted by Crippen LogP contribution is -2.63. The lowest BCUT2D eigenvalue weighted by Gasteiger charge is -2.41. The molecule has 2 rings (SSSR count). The molecule has 0 aromatic heterocycles. The smallest absolute Gasteiger partial charge is 0.202 e. The van der Waals surface area contributed by atoms with Crippen molar-refractivity contribution >= 4 is 8.40 Å². The van der Waals surface area contributed by atoms with Crippen molar-refractivity contribution in [2.24, 2.45) is 10.8 Å². The number of hydrogen-bond donors (Lipinski definition) is 2. The predicted octanol–water partition coefficient (Wildman–Crippen LogP) is 3.01. The van der Waals surface area contributed by atoms with Crippen molar-refractivity contribution in [3.8, 4) is 0 Å². The molecule has 4 N–H and O–H groups in total. The maximum Gasteiger partial charge on any atom is 0.202 e. The minimum atomic E-state index is -1.90. The van der Waals surface area contributed by atoms with Crippen LogP contribution in [0.2, 0.25) is 11.1 Å². The van der Waals surface area contributed by atoms with Gasteiger partial charge in [-0.05, 0) is 11.1 Å². The number of rotatable bonds is 2. The number of hydrogen-bond acceptors (Lipinski definition) is 2. The molecule has 0 heterocycles. The quantitative estimate of drug-likeness (QED) is 0.711. The van der Waals surface area contributed by atoms with Crippen molar-refractivity contribution in [3.05, 3.63) is 0 Å². The molecule has 0 unspecified atom stereocenters. The monoisotopic (exact) mass is 226 g/mol. The highest BCUT2D eigenvalue weighted by Crippen LogP contribution is 2.42. The van der Waals surface area contributed by atoms with Gasteiger partial charge in [0.1, 0.15) is 0 Å². The highest BCUT2D eigenvalue weighted by atomic mass is 28.3. The fraction of sp³-hybridized carbons (Fsp3) is 1.00. The SMILES string of the molecule is N[Si](N)(C1CCCCC1)C1CCCCC1. The predicted molar refractivity (Wildman–Crippen MR) is 67.8 cm³/mol. The summed E-state index contributed by atoms with van der Waals surface area (Å²) in [5, 5.41) is 13.2. The summed E-state index contributed by atoms with van der Waals surface area (Å²) in [5.41, 5.74) is 1.46. The zero-order chi connectivity index (χ0) is 10.7. The molecule has 2 aliphatic rings. The molecule has 0 aliphatic heterocycles. The van der Waals surface area contributed by atoms with Gasteiger partial charge >= 0.3 is 0 Å². The van der Waals surface area contributed by atoms with E-state index in [0.29, 0.717) is 0 Å². The molecule has 2 saturated carbocycles. The van der Waals surface area contributed by atoms with Gasteiger partial charge in [0.25, 0.3) is 0 Å². The molecule has 0 radical (unpaired) electrons. The van der Waals surface area contributed by atoms with Gasteiger partial charge in [-0.25, -0.2) is 0 Å². The lowest BCUT2D eigenvalue weighted by molar-refractivity contribution is 0.449. The average molecular weight is 226 g/mol. The van der Waals surface area contributed by atoms with Crippen molar-refractivity contribution in [3.63, 3.8) is 0 Å². The van der Waals surface area contributed by atoms with Crippen LogP contribution in [0.1, 0.15) is 64.2 Å². The minimum Gasteiger partial charge on any atom is -0.339 e. The molecule has 0 aromatic rings. The van der Waals surface area contributed by atoms with Crippen LogP contribution in [0.4, 0.5) is 0 Å². The van der Waals surface area contributed by atoms with E-state index >= 15 is 0 Å². The molecular weight excluding hydrogens is 200 g/mol. The summed E-state index contributed by atoms with van der Waals surface area (Å²) in [6.45, 7) is 0. The van der Waals surface area contributed by atoms with E-state index in [4.69, 9.17) is 10.8 Å². The van der Waals surface area contributed by atoms with Crippen molar-refractivity contribution < 1.29 is 0 Å². The van der Waals surface area contributed by atoms with Crippen LogP contribution in [0, 0.1) is 0 Å². The van der Waals surface area contributed by atoms with Gasteiger partial charge in [-0.2, -0.15) is 0 Å². The standard InChI is InChI=1S/C12H26N2Si/c13-15(14,11-7-3-1-4-8-11)12-9-5-2-6-10-12/h11-12H,1-10,13-14H2. The Morgan fingerprint density at radius 2 is 0.933 bits per heavy atom. The maximum absolute atomic E-state index is 6.58. The van der Waals surface area contributed by atoms with Gasteiger partial charge in [0.2, 0.25) is 8.40 Å². The average Bonchev–Trinajstić information content (AvgIpc) is 2.31. The van der Waals surface area contributed by atoms with Crippen LogP contribution in [0.25, 0.3) is 0 Å². The van der Waals surface area contributed by atoms with Gasteiger partial charge in [0, 0.05) is 0 Å². The van der Waals surface area contributed by atoms with E-state index in [2.05, 4.69) is 0 Å². The van der Waals surface area contributed by atoms with Gasteiger partial charge in [0.15, 0.2) is 0 Å². The van der Waals surface area contributed by atoms with Crippen LogP contribution >= 0.6 is 0 Å². The first kappa shape index (κ1) is 11.6. The summed E-state index contributed by atoms with van der Waals surface area (Å²) >= 11 is 0. The van der Waals surface area contributed by atoms with E-state index in [1.165, 1.54) is 64.2 Å². The molecule has 2 aliphatic carbocycles. The fourth-order valence-corrected chi connectivity index (χ4v) is 7.02. The first-order chi connectivity index (χ1) is 7.21. The Balaban J connectivity index is 1.96. The Morgan fingerprint density at radius 3 is 1.27 bits per heavy atom. The topological polar surface area (TPSA) is 52.0 Å². The van der Waals surface area contributed by atoms with Crippen LogP contribution in [0.15, 0.2) is 0 Å². The molecule has 2 nitrogen and oxygen atoms in total. The van der Waals surface area contributed by atoms with Crippen LogP contribution < -0.4 is 10.8 Å². The van der Waals surface area contributed by atoms with E-state index in [1.54, 1.807) is 0 Å². The second-order valence-electron chi connectivity index (χ2n) is 5.67. The van der Waals surface area contributed by atoms with E-state index in [-0.39, 0.29) is 0 Å². The first-order valence-electron chi connectivity index (χ1n) is 6.79. The third kappa shape index (κ3) is 2.63. The largest absolute Gasteiger partial charge is 0.339 e. The first-order valence-corrected chi connectivity index (χ1v) is 9.10. The van der Waals surface area contributed by atoms with Gasteiger partial charge in [0.05, 0.1) is 0 Å². The van der Waals surface area contributed by atoms with Crippen molar-refractivity contribution in [2.45, 2.75) is 75.3 Å².